The van der Waals surface area contributed by atoms with Crippen molar-refractivity contribution in [1.29, 1.82) is 0 Å². The number of likely N-dealkylation sites (N-methyl/N-ethyl adjacent to an activating group) is 1. The van der Waals surface area contributed by atoms with Gasteiger partial charge in [-0.3, -0.25) is 4.79 Å². The molecular formula is C14H21N3O. The number of benzene rings is 1. The quantitative estimate of drug-likeness (QED) is 0.837. The van der Waals surface area contributed by atoms with Gasteiger partial charge in [-0.1, -0.05) is 17.7 Å². The lowest BCUT2D eigenvalue weighted by Gasteiger charge is -2.39. The maximum absolute atomic E-state index is 12.4. The van der Waals surface area contributed by atoms with Crippen LogP contribution in [0.4, 0.5) is 0 Å². The molecule has 1 amide bonds. The molecule has 1 aliphatic heterocycles. The van der Waals surface area contributed by atoms with Gasteiger partial charge in [-0.15, -0.1) is 0 Å². The van der Waals surface area contributed by atoms with Gasteiger partial charge in [0.2, 0.25) is 0 Å². The van der Waals surface area contributed by atoms with Gasteiger partial charge in [0.15, 0.2) is 0 Å². The van der Waals surface area contributed by atoms with E-state index in [2.05, 4.69) is 11.9 Å². The molecule has 0 saturated carbocycles. The van der Waals surface area contributed by atoms with E-state index in [0.29, 0.717) is 6.54 Å². The first-order valence-corrected chi connectivity index (χ1v) is 6.38. The zero-order valence-electron chi connectivity index (χ0n) is 11.1. The topological polar surface area (TPSA) is 49.6 Å². The predicted octanol–water partition coefficient (Wildman–Crippen LogP) is 0.710. The Hall–Kier alpha value is -1.39. The Morgan fingerprint density at radius 1 is 1.33 bits per heavy atom. The molecule has 1 aliphatic rings. The van der Waals surface area contributed by atoms with Gasteiger partial charge in [0, 0.05) is 31.7 Å². The Labute approximate surface area is 108 Å². The minimum absolute atomic E-state index is 0.0959. The van der Waals surface area contributed by atoms with Crippen LogP contribution in [0.3, 0.4) is 0 Å². The highest BCUT2D eigenvalue weighted by molar-refractivity contribution is 5.94. The van der Waals surface area contributed by atoms with Crippen molar-refractivity contribution in [2.75, 3.05) is 33.2 Å². The van der Waals surface area contributed by atoms with Crippen LogP contribution in [0, 0.1) is 6.92 Å². The lowest BCUT2D eigenvalue weighted by atomic mass is 10.1. The van der Waals surface area contributed by atoms with Gasteiger partial charge in [0.05, 0.1) is 6.04 Å². The number of nitrogens with zero attached hydrogens (tertiary/aromatic N) is 2. The highest BCUT2D eigenvalue weighted by atomic mass is 16.2. The van der Waals surface area contributed by atoms with Crippen molar-refractivity contribution in [2.45, 2.75) is 13.0 Å². The van der Waals surface area contributed by atoms with E-state index in [-0.39, 0.29) is 11.9 Å². The zero-order chi connectivity index (χ0) is 13.1. The Morgan fingerprint density at radius 3 is 2.61 bits per heavy atom. The molecule has 0 spiro atoms. The van der Waals surface area contributed by atoms with Gasteiger partial charge < -0.3 is 15.5 Å². The summed E-state index contributed by atoms with van der Waals surface area (Å²) < 4.78 is 0. The Balaban J connectivity index is 2.14. The molecule has 1 fully saturated rings. The molecule has 18 heavy (non-hydrogen) atoms. The van der Waals surface area contributed by atoms with E-state index in [4.69, 9.17) is 5.73 Å². The molecule has 1 atom stereocenters. The minimum Gasteiger partial charge on any atom is -0.332 e. The molecular weight excluding hydrogens is 226 g/mol. The molecule has 0 aromatic heterocycles. The molecule has 98 valence electrons. The average Bonchev–Trinajstić information content (AvgIpc) is 2.38. The maximum Gasteiger partial charge on any atom is 0.254 e. The third kappa shape index (κ3) is 2.71. The molecule has 1 aromatic carbocycles. The van der Waals surface area contributed by atoms with E-state index in [1.807, 2.05) is 36.1 Å². The van der Waals surface area contributed by atoms with E-state index in [9.17, 15) is 4.79 Å². The van der Waals surface area contributed by atoms with E-state index in [1.54, 1.807) is 0 Å². The molecule has 0 aliphatic carbocycles. The minimum atomic E-state index is 0.0959. The lowest BCUT2D eigenvalue weighted by Crippen LogP contribution is -2.56. The maximum atomic E-state index is 12.4. The van der Waals surface area contributed by atoms with Crippen LogP contribution in [0.15, 0.2) is 24.3 Å². The summed E-state index contributed by atoms with van der Waals surface area (Å²) in [4.78, 5) is 16.6. The third-order valence-electron chi connectivity index (χ3n) is 3.52. The zero-order valence-corrected chi connectivity index (χ0v) is 11.1. The molecule has 1 unspecified atom stereocenters. The molecule has 0 bridgehead atoms. The molecule has 2 rings (SSSR count). The lowest BCUT2D eigenvalue weighted by molar-refractivity contribution is 0.0516. The normalized spacial score (nSPS) is 21.1. The largest absolute Gasteiger partial charge is 0.332 e. The SMILES string of the molecule is Cc1ccc(C(=O)N2CCN(C)CC2CN)cc1. The number of hydrogen-bond acceptors (Lipinski definition) is 3. The molecule has 1 aromatic rings. The van der Waals surface area contributed by atoms with Crippen LogP contribution in [-0.4, -0.2) is 55.0 Å². The summed E-state index contributed by atoms with van der Waals surface area (Å²) in [6, 6.07) is 7.85. The summed E-state index contributed by atoms with van der Waals surface area (Å²) in [6.07, 6.45) is 0. The van der Waals surface area contributed by atoms with Crippen LogP contribution in [0.25, 0.3) is 0 Å². The van der Waals surface area contributed by atoms with Crippen molar-refractivity contribution in [3.05, 3.63) is 35.4 Å². The standard InChI is InChI=1S/C14H21N3O/c1-11-3-5-12(6-4-11)14(18)17-8-7-16(2)10-13(17)9-15/h3-6,13H,7-10,15H2,1-2H3. The summed E-state index contributed by atoms with van der Waals surface area (Å²) in [7, 11) is 2.07. The predicted molar refractivity (Wildman–Crippen MR) is 72.6 cm³/mol. The van der Waals surface area contributed by atoms with Crippen molar-refractivity contribution in [1.82, 2.24) is 9.80 Å². The van der Waals surface area contributed by atoms with E-state index in [1.165, 1.54) is 5.56 Å². The van der Waals surface area contributed by atoms with Gasteiger partial charge in [-0.05, 0) is 26.1 Å². The van der Waals surface area contributed by atoms with Crippen LogP contribution < -0.4 is 5.73 Å². The van der Waals surface area contributed by atoms with Gasteiger partial charge in [0.25, 0.3) is 5.91 Å². The van der Waals surface area contributed by atoms with Gasteiger partial charge >= 0.3 is 0 Å². The van der Waals surface area contributed by atoms with Crippen LogP contribution in [0.2, 0.25) is 0 Å². The summed E-state index contributed by atoms with van der Waals surface area (Å²) in [6.45, 7) is 5.06. The number of carbonyl (C=O) groups is 1. The molecule has 4 heteroatoms. The van der Waals surface area contributed by atoms with Crippen LogP contribution >= 0.6 is 0 Å². The van der Waals surface area contributed by atoms with Crippen molar-refractivity contribution >= 4 is 5.91 Å². The number of aryl methyl sites for hydroxylation is 1. The first kappa shape index (κ1) is 13.1. The molecule has 1 saturated heterocycles. The fraction of sp³-hybridized carbons (Fsp3) is 0.500. The van der Waals surface area contributed by atoms with E-state index >= 15 is 0 Å². The molecule has 4 nitrogen and oxygen atoms in total. The monoisotopic (exact) mass is 247 g/mol. The fourth-order valence-corrected chi connectivity index (χ4v) is 2.34. The van der Waals surface area contributed by atoms with Crippen molar-refractivity contribution in [3.8, 4) is 0 Å². The van der Waals surface area contributed by atoms with Crippen molar-refractivity contribution < 1.29 is 4.79 Å². The molecule has 2 N–H and O–H groups in total. The van der Waals surface area contributed by atoms with Gasteiger partial charge in [0.1, 0.15) is 0 Å². The summed E-state index contributed by atoms with van der Waals surface area (Å²) in [5, 5.41) is 0. The number of hydrogen-bond donors (Lipinski definition) is 1. The molecule has 1 heterocycles. The van der Waals surface area contributed by atoms with E-state index in [0.717, 1.165) is 25.2 Å². The van der Waals surface area contributed by atoms with Gasteiger partial charge in [-0.25, -0.2) is 0 Å². The second kappa shape index (κ2) is 5.50. The first-order chi connectivity index (χ1) is 8.61. The van der Waals surface area contributed by atoms with E-state index < -0.39 is 0 Å². The van der Waals surface area contributed by atoms with Crippen LogP contribution in [-0.2, 0) is 0 Å². The Morgan fingerprint density at radius 2 is 2.00 bits per heavy atom. The number of piperazine rings is 1. The van der Waals surface area contributed by atoms with Crippen molar-refractivity contribution in [3.63, 3.8) is 0 Å². The number of rotatable bonds is 2. The number of carbonyl (C=O) groups excluding carboxylic acids is 1. The highest BCUT2D eigenvalue weighted by Gasteiger charge is 2.28. The molecule has 0 radical (unpaired) electrons. The third-order valence-corrected chi connectivity index (χ3v) is 3.52. The van der Waals surface area contributed by atoms with Crippen molar-refractivity contribution in [2.24, 2.45) is 5.73 Å². The first-order valence-electron chi connectivity index (χ1n) is 6.38. The van der Waals surface area contributed by atoms with Gasteiger partial charge in [-0.2, -0.15) is 0 Å². The second-order valence-electron chi connectivity index (χ2n) is 5.02. The van der Waals surface area contributed by atoms with Crippen LogP contribution in [0.1, 0.15) is 15.9 Å². The summed E-state index contributed by atoms with van der Waals surface area (Å²) in [5.41, 5.74) is 7.70. The number of nitrogens with two attached hydrogens (primary N) is 1. The summed E-state index contributed by atoms with van der Waals surface area (Å²) in [5.74, 6) is 0.0959. The average molecular weight is 247 g/mol. The smallest absolute Gasteiger partial charge is 0.254 e. The second-order valence-corrected chi connectivity index (χ2v) is 5.02. The fourth-order valence-electron chi connectivity index (χ4n) is 2.34. The highest BCUT2D eigenvalue weighted by Crippen LogP contribution is 2.13. The Kier molecular flexibility index (Phi) is 3.99. The number of amides is 1. The van der Waals surface area contributed by atoms with Crippen LogP contribution in [0.5, 0.6) is 0 Å². The Bertz CT molecular complexity index is 416. The summed E-state index contributed by atoms with van der Waals surface area (Å²) >= 11 is 0.